The molecule has 2 aromatic carbocycles. The predicted molar refractivity (Wildman–Crippen MR) is 143 cm³/mol. The van der Waals surface area contributed by atoms with Gasteiger partial charge in [-0.05, 0) is 27.5 Å². The van der Waals surface area contributed by atoms with Crippen molar-refractivity contribution in [3.05, 3.63) is 121 Å². The van der Waals surface area contributed by atoms with E-state index in [1.807, 2.05) is 60.7 Å². The number of nitrogens with zero attached hydrogens (tertiary/aromatic N) is 2. The number of esters is 1. The first-order valence-electron chi connectivity index (χ1n) is 12.0. The molecular formula is C29H30K2N2O10. The van der Waals surface area contributed by atoms with Crippen molar-refractivity contribution in [3.8, 4) is 11.8 Å². The molecule has 0 unspecified atom stereocenters. The third kappa shape index (κ3) is 16.6. The van der Waals surface area contributed by atoms with E-state index in [9.17, 15) is 9.90 Å². The van der Waals surface area contributed by atoms with Gasteiger partial charge in [-0.3, -0.25) is 9.59 Å². The van der Waals surface area contributed by atoms with Crippen molar-refractivity contribution in [2.24, 2.45) is 0 Å². The molecule has 0 bridgehead atoms. The maximum Gasteiger partial charge on any atom is 1.00 e. The number of carbonyl (C=O) groups is 2. The molecule has 2 aromatic heterocycles. The SMILES string of the molecule is C=C[C@@H](O)c1cc(OCc2ccccc2)no1.C=C[C@@H](OC(C)=O)c1cc(OCc2ccccc2)no1.O=CO[O-].[H-].[K+].[K+]. The number of aromatic nitrogens is 2. The largest absolute Gasteiger partial charge is 1.00 e. The summed E-state index contributed by atoms with van der Waals surface area (Å²) in [4.78, 5) is 22.2. The minimum atomic E-state index is -0.850. The second-order valence-corrected chi connectivity index (χ2v) is 7.82. The molecule has 0 saturated heterocycles. The number of aliphatic hydroxyl groups is 1. The minimum Gasteiger partial charge on any atom is -1.00 e. The van der Waals surface area contributed by atoms with Crippen LogP contribution in [0.2, 0.25) is 0 Å². The summed E-state index contributed by atoms with van der Waals surface area (Å²) in [5, 5.41) is 25.3. The number of aliphatic hydroxyl groups excluding tert-OH is 1. The van der Waals surface area contributed by atoms with Crippen molar-refractivity contribution in [1.82, 2.24) is 10.3 Å². The number of ether oxygens (including phenoxy) is 3. The molecule has 2 atom stereocenters. The molecule has 0 aliphatic carbocycles. The van der Waals surface area contributed by atoms with Gasteiger partial charge in [0.15, 0.2) is 17.6 Å². The van der Waals surface area contributed by atoms with Crippen LogP contribution in [-0.2, 0) is 32.4 Å². The van der Waals surface area contributed by atoms with Gasteiger partial charge in [-0.15, -0.1) is 6.58 Å². The molecule has 2 heterocycles. The number of hydrogen-bond donors (Lipinski definition) is 1. The molecule has 14 heteroatoms. The Morgan fingerprint density at radius 3 is 1.74 bits per heavy atom. The summed E-state index contributed by atoms with van der Waals surface area (Å²) >= 11 is 0. The first-order chi connectivity index (χ1) is 19.9. The van der Waals surface area contributed by atoms with E-state index in [4.69, 9.17) is 33.3 Å². The van der Waals surface area contributed by atoms with E-state index in [0.29, 0.717) is 36.5 Å². The average molecular weight is 645 g/mol. The Hall–Kier alpha value is -1.93. The second kappa shape index (κ2) is 24.4. The van der Waals surface area contributed by atoms with E-state index >= 15 is 0 Å². The van der Waals surface area contributed by atoms with Gasteiger partial charge in [0.1, 0.15) is 19.3 Å². The van der Waals surface area contributed by atoms with Crippen LogP contribution in [0.3, 0.4) is 0 Å². The smallest absolute Gasteiger partial charge is 1.00 e. The van der Waals surface area contributed by atoms with Crippen molar-refractivity contribution in [2.45, 2.75) is 32.3 Å². The van der Waals surface area contributed by atoms with Crippen molar-refractivity contribution in [1.29, 1.82) is 0 Å². The fraction of sp³-hybridized carbons (Fsp3) is 0.172. The number of rotatable bonds is 12. The van der Waals surface area contributed by atoms with Gasteiger partial charge in [0.2, 0.25) is 0 Å². The molecular weight excluding hydrogens is 615 g/mol. The van der Waals surface area contributed by atoms with Crippen molar-refractivity contribution in [2.75, 3.05) is 0 Å². The maximum atomic E-state index is 10.9. The first-order valence-corrected chi connectivity index (χ1v) is 12.0. The maximum absolute atomic E-state index is 10.9. The Labute approximate surface area is 335 Å². The Bertz CT molecular complexity index is 1340. The molecule has 0 amide bonds. The van der Waals surface area contributed by atoms with Gasteiger partial charge in [-0.25, -0.2) is 0 Å². The number of hydrogen-bond acceptors (Lipinski definition) is 12. The van der Waals surface area contributed by atoms with Crippen LogP contribution in [0.15, 0.2) is 107 Å². The Balaban J connectivity index is 0. The topological polar surface area (TPSA) is 166 Å². The van der Waals surface area contributed by atoms with Gasteiger partial charge in [-0.2, -0.15) is 0 Å². The number of carbonyl (C=O) groups excluding carboxylic acids is 2. The van der Waals surface area contributed by atoms with E-state index in [2.05, 4.69) is 28.4 Å². The Kier molecular flexibility index (Phi) is 23.3. The van der Waals surface area contributed by atoms with Crippen LogP contribution in [0, 0.1) is 0 Å². The van der Waals surface area contributed by atoms with Gasteiger partial charge in [-0.1, -0.05) is 73.3 Å². The second-order valence-electron chi connectivity index (χ2n) is 7.82. The predicted octanol–water partition coefficient (Wildman–Crippen LogP) is -1.93. The van der Waals surface area contributed by atoms with Crippen LogP contribution in [-0.4, -0.2) is 27.9 Å². The minimum absolute atomic E-state index is 0. The van der Waals surface area contributed by atoms with Gasteiger partial charge in [0.25, 0.3) is 18.2 Å². The van der Waals surface area contributed by atoms with Crippen LogP contribution in [0.4, 0.5) is 0 Å². The van der Waals surface area contributed by atoms with Crippen molar-refractivity contribution < 1.29 is 152 Å². The summed E-state index contributed by atoms with van der Waals surface area (Å²) in [5.74, 6) is 0.965. The van der Waals surface area contributed by atoms with E-state index in [0.717, 1.165) is 11.1 Å². The van der Waals surface area contributed by atoms with Crippen LogP contribution in [0.25, 0.3) is 0 Å². The molecule has 0 radical (unpaired) electrons. The molecule has 1 N–H and O–H groups in total. The van der Waals surface area contributed by atoms with E-state index in [1.165, 1.54) is 19.1 Å². The summed E-state index contributed by atoms with van der Waals surface area (Å²) in [6, 6.07) is 22.6. The Morgan fingerprint density at radius 1 is 0.907 bits per heavy atom. The third-order valence-corrected chi connectivity index (χ3v) is 4.81. The molecule has 43 heavy (non-hydrogen) atoms. The van der Waals surface area contributed by atoms with Gasteiger partial charge in [0, 0.05) is 19.1 Å². The molecule has 4 rings (SSSR count). The standard InChI is InChI=1S/C15H15NO4.C13H13NO3.CH2O3.2K.H/c1-3-13(19-11(2)17)14-9-15(16-20-14)18-10-12-7-5-4-6-8-12;1-2-11(15)12-8-13(14-17-12)16-9-10-6-4-3-5-7-10;2-1-4-3;;;/h3-9,13H,1,10H2,2H3;2-8,11,15H,1,9H2;1,3H;;;/q;;;2*+1;-1/p-1/t13-;11-;;;;/m11..../s1. The van der Waals surface area contributed by atoms with Crippen LogP contribution >= 0.6 is 0 Å². The average Bonchev–Trinajstić information content (AvgIpc) is 3.69. The summed E-state index contributed by atoms with van der Waals surface area (Å²) < 4.78 is 25.9. The molecule has 0 aliphatic heterocycles. The first kappa shape index (κ1) is 41.1. The van der Waals surface area contributed by atoms with Gasteiger partial charge >= 0.3 is 109 Å². The molecule has 0 aliphatic rings. The van der Waals surface area contributed by atoms with E-state index in [-0.39, 0.29) is 111 Å². The van der Waals surface area contributed by atoms with Gasteiger partial charge < -0.3 is 39.9 Å². The van der Waals surface area contributed by atoms with Gasteiger partial charge in [0.05, 0.1) is 0 Å². The molecule has 0 spiro atoms. The molecule has 4 aromatic rings. The van der Waals surface area contributed by atoms with Crippen molar-refractivity contribution in [3.63, 3.8) is 0 Å². The fourth-order valence-electron chi connectivity index (χ4n) is 2.93. The molecule has 0 saturated carbocycles. The van der Waals surface area contributed by atoms with Crippen LogP contribution in [0.1, 0.15) is 43.2 Å². The molecule has 218 valence electrons. The van der Waals surface area contributed by atoms with Crippen molar-refractivity contribution >= 4 is 12.4 Å². The zero-order valence-corrected chi connectivity index (χ0v) is 30.4. The van der Waals surface area contributed by atoms with Crippen LogP contribution < -0.4 is 118 Å². The summed E-state index contributed by atoms with van der Waals surface area (Å²) in [6.07, 6.45) is 1.32. The summed E-state index contributed by atoms with van der Waals surface area (Å²) in [5.41, 5.74) is 2.07. The van der Waals surface area contributed by atoms with E-state index < -0.39 is 18.2 Å². The quantitative estimate of drug-likeness (QED) is 0.0454. The normalized spacial score (nSPS) is 10.7. The zero-order chi connectivity index (χ0) is 29.9. The number of benzene rings is 2. The monoisotopic (exact) mass is 644 g/mol. The molecule has 12 nitrogen and oxygen atoms in total. The van der Waals surface area contributed by atoms with E-state index in [1.54, 1.807) is 12.1 Å². The summed E-state index contributed by atoms with van der Waals surface area (Å²) in [7, 11) is 0. The molecule has 0 fully saturated rings. The third-order valence-electron chi connectivity index (χ3n) is 4.81. The van der Waals surface area contributed by atoms with Crippen LogP contribution in [0.5, 0.6) is 11.8 Å². The zero-order valence-electron chi connectivity index (χ0n) is 25.2. The summed E-state index contributed by atoms with van der Waals surface area (Å²) in [6.45, 7) is 8.99. The fourth-order valence-corrected chi connectivity index (χ4v) is 2.93. The Morgan fingerprint density at radius 2 is 1.35 bits per heavy atom.